The van der Waals surface area contributed by atoms with Gasteiger partial charge < -0.3 is 9.47 Å². The first-order valence-electron chi connectivity index (χ1n) is 12.7. The van der Waals surface area contributed by atoms with Gasteiger partial charge in [0, 0.05) is 45.2 Å². The molecule has 0 saturated carbocycles. The fraction of sp³-hybridized carbons (Fsp3) is 0.167. The fourth-order valence-electron chi connectivity index (χ4n) is 3.98. The van der Waals surface area contributed by atoms with Crippen LogP contribution in [0.4, 0.5) is 0 Å². The number of aromatic nitrogens is 3. The van der Waals surface area contributed by atoms with Crippen molar-refractivity contribution in [3.8, 4) is 54.5 Å². The second kappa shape index (κ2) is 13.5. The summed E-state index contributed by atoms with van der Waals surface area (Å²) in [6, 6.07) is 19.0. The van der Waals surface area contributed by atoms with Crippen LogP contribution in [0.3, 0.4) is 0 Å². The molecule has 0 unspecified atom stereocenters. The zero-order valence-electron chi connectivity index (χ0n) is 21.6. The van der Waals surface area contributed by atoms with E-state index >= 15 is 0 Å². The average Bonchev–Trinajstić information content (AvgIpc) is 3.66. The van der Waals surface area contributed by atoms with Crippen LogP contribution in [0, 0.1) is 0 Å². The van der Waals surface area contributed by atoms with E-state index in [9.17, 15) is 9.59 Å². The first-order chi connectivity index (χ1) is 19.7. The lowest BCUT2D eigenvalue weighted by molar-refractivity contribution is -0.121. The van der Waals surface area contributed by atoms with Crippen molar-refractivity contribution in [2.24, 2.45) is 0 Å². The number of thioether (sulfide) groups is 1. The maximum atomic E-state index is 11.1. The van der Waals surface area contributed by atoms with Crippen LogP contribution in [0.1, 0.15) is 26.2 Å². The molecule has 7 nitrogen and oxygen atoms in total. The Morgan fingerprint density at radius 2 is 1.38 bits per heavy atom. The largest absolute Gasteiger partial charge is 0.429 e. The van der Waals surface area contributed by atoms with Crippen molar-refractivity contribution < 1.29 is 19.1 Å². The minimum atomic E-state index is 0.296. The standard InChI is InChI=1S/C30H25N3O4S3/c1-2-3-4-13-38-30-8-7-29(40-30)28-6-5-27(39-28)20-9-11-31-23(14-20)25-16-22(37-19-35)17-26(33-25)24-15-21(36-18-34)10-12-32-24/h5-12,14-19H,2-4,13H2,1H3. The zero-order chi connectivity index (χ0) is 27.7. The number of hydrogen-bond acceptors (Lipinski definition) is 10. The summed E-state index contributed by atoms with van der Waals surface area (Å²) in [6.45, 7) is 2.94. The summed E-state index contributed by atoms with van der Waals surface area (Å²) in [5.41, 5.74) is 3.04. The van der Waals surface area contributed by atoms with E-state index in [1.165, 1.54) is 39.4 Å². The molecule has 10 heteroatoms. The number of carbonyl (C=O) groups excluding carboxylic acids is 2. The van der Waals surface area contributed by atoms with Gasteiger partial charge in [-0.1, -0.05) is 19.8 Å². The van der Waals surface area contributed by atoms with Gasteiger partial charge in [0.05, 0.1) is 27.0 Å². The molecule has 0 radical (unpaired) electrons. The van der Waals surface area contributed by atoms with E-state index in [0.717, 1.165) is 16.2 Å². The Hall–Kier alpha value is -3.86. The van der Waals surface area contributed by atoms with Gasteiger partial charge in [-0.3, -0.25) is 19.6 Å². The number of hydrogen-bond donors (Lipinski definition) is 0. The van der Waals surface area contributed by atoms with E-state index in [0.29, 0.717) is 47.2 Å². The second-order valence-electron chi connectivity index (χ2n) is 8.65. The van der Waals surface area contributed by atoms with Crippen molar-refractivity contribution in [3.63, 3.8) is 0 Å². The SMILES string of the molecule is CCCCCSc1ccc(-c2ccc(-c3ccnc(-c4cc(OC=O)cc(-c5cc(OC=O)ccn5)n4)c3)s2)s1. The number of thiophene rings is 2. The summed E-state index contributed by atoms with van der Waals surface area (Å²) in [7, 11) is 0. The van der Waals surface area contributed by atoms with Crippen LogP contribution < -0.4 is 9.47 Å². The lowest BCUT2D eigenvalue weighted by Gasteiger charge is -2.09. The van der Waals surface area contributed by atoms with Gasteiger partial charge in [0.2, 0.25) is 0 Å². The zero-order valence-corrected chi connectivity index (χ0v) is 24.1. The van der Waals surface area contributed by atoms with Crippen molar-refractivity contribution in [2.75, 3.05) is 5.75 Å². The van der Waals surface area contributed by atoms with E-state index < -0.39 is 0 Å². The smallest absolute Gasteiger partial charge is 0.298 e. The molecular weight excluding hydrogens is 563 g/mol. The van der Waals surface area contributed by atoms with Gasteiger partial charge in [-0.15, -0.1) is 34.4 Å². The van der Waals surface area contributed by atoms with E-state index in [2.05, 4.69) is 41.2 Å². The van der Waals surface area contributed by atoms with Crippen molar-refractivity contribution >= 4 is 47.4 Å². The molecule has 0 aliphatic heterocycles. The highest BCUT2D eigenvalue weighted by Crippen LogP contribution is 2.40. The minimum absolute atomic E-state index is 0.296. The number of ether oxygens (including phenoxy) is 2. The molecule has 0 aromatic carbocycles. The van der Waals surface area contributed by atoms with E-state index in [1.807, 2.05) is 35.2 Å². The van der Waals surface area contributed by atoms with Crippen LogP contribution in [0.25, 0.3) is 43.0 Å². The van der Waals surface area contributed by atoms with Gasteiger partial charge in [-0.05, 0) is 60.2 Å². The maximum absolute atomic E-state index is 11.1. The van der Waals surface area contributed by atoms with Crippen LogP contribution in [-0.2, 0) is 9.59 Å². The Bertz CT molecular complexity index is 1620. The molecule has 0 saturated heterocycles. The molecule has 5 heterocycles. The summed E-state index contributed by atoms with van der Waals surface area (Å²) in [5, 5.41) is 0. The van der Waals surface area contributed by atoms with Crippen LogP contribution >= 0.6 is 34.4 Å². The lowest BCUT2D eigenvalue weighted by Crippen LogP contribution is -1.97. The highest BCUT2D eigenvalue weighted by molar-refractivity contribution is 8.01. The summed E-state index contributed by atoms with van der Waals surface area (Å²) in [4.78, 5) is 39.1. The molecule has 202 valence electrons. The molecule has 0 bridgehead atoms. The molecule has 40 heavy (non-hydrogen) atoms. The Balaban J connectivity index is 1.41. The molecule has 0 fully saturated rings. The molecular formula is C30H25N3O4S3. The number of rotatable bonds is 13. The Morgan fingerprint density at radius 1 is 0.725 bits per heavy atom. The molecule has 0 amide bonds. The topological polar surface area (TPSA) is 91.3 Å². The van der Waals surface area contributed by atoms with Crippen LogP contribution in [0.2, 0.25) is 0 Å². The van der Waals surface area contributed by atoms with Crippen LogP contribution in [0.15, 0.2) is 77.3 Å². The monoisotopic (exact) mass is 587 g/mol. The molecule has 0 aliphatic rings. The first kappa shape index (κ1) is 27.7. The quantitative estimate of drug-likeness (QED) is 0.0777. The maximum Gasteiger partial charge on any atom is 0.298 e. The van der Waals surface area contributed by atoms with Crippen molar-refractivity contribution in [3.05, 3.63) is 73.1 Å². The first-order valence-corrected chi connectivity index (χ1v) is 15.3. The van der Waals surface area contributed by atoms with E-state index in [4.69, 9.17) is 14.5 Å². The molecule has 0 spiro atoms. The molecule has 0 aliphatic carbocycles. The third kappa shape index (κ3) is 6.82. The third-order valence-electron chi connectivity index (χ3n) is 5.89. The van der Waals surface area contributed by atoms with E-state index in [-0.39, 0.29) is 0 Å². The summed E-state index contributed by atoms with van der Waals surface area (Å²) in [5.74, 6) is 1.78. The van der Waals surface area contributed by atoms with Gasteiger partial charge in [0.1, 0.15) is 11.5 Å². The average molecular weight is 588 g/mol. The van der Waals surface area contributed by atoms with Gasteiger partial charge in [-0.25, -0.2) is 4.98 Å². The Kier molecular flexibility index (Phi) is 9.33. The predicted molar refractivity (Wildman–Crippen MR) is 161 cm³/mol. The summed E-state index contributed by atoms with van der Waals surface area (Å²) in [6.07, 6.45) is 7.02. The molecule has 5 aromatic rings. The number of carbonyl (C=O) groups is 2. The van der Waals surface area contributed by atoms with Crippen molar-refractivity contribution in [1.82, 2.24) is 15.0 Å². The normalized spacial score (nSPS) is 10.8. The van der Waals surface area contributed by atoms with Crippen LogP contribution in [-0.4, -0.2) is 33.6 Å². The second-order valence-corrected chi connectivity index (χ2v) is 12.2. The number of nitrogens with zero attached hydrogens (tertiary/aromatic N) is 3. The number of unbranched alkanes of at least 4 members (excludes halogenated alkanes) is 2. The highest BCUT2D eigenvalue weighted by atomic mass is 32.2. The summed E-state index contributed by atoms with van der Waals surface area (Å²) >= 11 is 5.51. The molecule has 0 N–H and O–H groups in total. The van der Waals surface area contributed by atoms with E-state index in [1.54, 1.807) is 41.8 Å². The Labute approximate surface area is 244 Å². The van der Waals surface area contributed by atoms with Crippen molar-refractivity contribution in [1.29, 1.82) is 0 Å². The van der Waals surface area contributed by atoms with Gasteiger partial charge in [0.15, 0.2) is 0 Å². The minimum Gasteiger partial charge on any atom is -0.429 e. The van der Waals surface area contributed by atoms with Crippen LogP contribution in [0.5, 0.6) is 11.5 Å². The lowest BCUT2D eigenvalue weighted by atomic mass is 10.1. The molecule has 0 atom stereocenters. The predicted octanol–water partition coefficient (Wildman–Crippen LogP) is 8.02. The fourth-order valence-corrected chi connectivity index (χ4v) is 7.27. The molecule has 5 rings (SSSR count). The van der Waals surface area contributed by atoms with Gasteiger partial charge in [-0.2, -0.15) is 0 Å². The Morgan fingerprint density at radius 3 is 2.15 bits per heavy atom. The number of pyridine rings is 3. The molecule has 5 aromatic heterocycles. The van der Waals surface area contributed by atoms with Crippen molar-refractivity contribution in [2.45, 2.75) is 30.4 Å². The third-order valence-corrected chi connectivity index (χ3v) is 9.62. The van der Waals surface area contributed by atoms with Gasteiger partial charge >= 0.3 is 0 Å². The van der Waals surface area contributed by atoms with Gasteiger partial charge in [0.25, 0.3) is 12.9 Å². The summed E-state index contributed by atoms with van der Waals surface area (Å²) < 4.78 is 11.4. The highest BCUT2D eigenvalue weighted by Gasteiger charge is 2.14.